The zero-order chi connectivity index (χ0) is 18.7. The lowest BCUT2D eigenvalue weighted by Crippen LogP contribution is -2.44. The Morgan fingerprint density at radius 3 is 2.73 bits per heavy atom. The van der Waals surface area contributed by atoms with E-state index in [0.717, 1.165) is 43.4 Å². The summed E-state index contributed by atoms with van der Waals surface area (Å²) in [6.45, 7) is 7.51. The van der Waals surface area contributed by atoms with Crippen molar-refractivity contribution in [1.29, 1.82) is 0 Å². The van der Waals surface area contributed by atoms with Gasteiger partial charge in [0.05, 0.1) is 0 Å². The summed E-state index contributed by atoms with van der Waals surface area (Å²) in [6.07, 6.45) is 3.20. The number of benzene rings is 1. The number of hydrogen-bond donors (Lipinski definition) is 1. The van der Waals surface area contributed by atoms with Crippen LogP contribution in [0.25, 0.3) is 10.9 Å². The smallest absolute Gasteiger partial charge is 0.251 e. The van der Waals surface area contributed by atoms with Gasteiger partial charge in [-0.1, -0.05) is 0 Å². The number of amides is 1. The third-order valence-electron chi connectivity index (χ3n) is 5.37. The van der Waals surface area contributed by atoms with Gasteiger partial charge in [-0.25, -0.2) is 4.39 Å². The predicted molar refractivity (Wildman–Crippen MR) is 101 cm³/mol. The number of halogens is 1. The highest BCUT2D eigenvalue weighted by Crippen LogP contribution is 2.28. The highest BCUT2D eigenvalue weighted by molar-refractivity contribution is 5.80. The van der Waals surface area contributed by atoms with E-state index in [0.29, 0.717) is 19.1 Å². The van der Waals surface area contributed by atoms with Gasteiger partial charge in [0.15, 0.2) is 0 Å². The maximum atomic E-state index is 13.4. The number of aliphatic hydroxyl groups is 1. The Bertz CT molecular complexity index is 751. The van der Waals surface area contributed by atoms with E-state index < -0.39 is 6.10 Å². The number of carbonyl (C=O) groups is 1. The molecule has 26 heavy (non-hydrogen) atoms. The van der Waals surface area contributed by atoms with Gasteiger partial charge in [0, 0.05) is 55.9 Å². The first-order valence-corrected chi connectivity index (χ1v) is 9.45. The van der Waals surface area contributed by atoms with Crippen molar-refractivity contribution >= 4 is 16.8 Å². The van der Waals surface area contributed by atoms with E-state index >= 15 is 0 Å². The van der Waals surface area contributed by atoms with Gasteiger partial charge in [-0.3, -0.25) is 4.79 Å². The maximum Gasteiger partial charge on any atom is 0.251 e. The van der Waals surface area contributed by atoms with Gasteiger partial charge in [-0.05, 0) is 51.0 Å². The zero-order valence-electron chi connectivity index (χ0n) is 15.6. The van der Waals surface area contributed by atoms with E-state index in [1.807, 2.05) is 19.1 Å². The van der Waals surface area contributed by atoms with Crippen LogP contribution in [0.2, 0.25) is 0 Å². The largest absolute Gasteiger partial charge is 0.384 e. The minimum absolute atomic E-state index is 0.197. The summed E-state index contributed by atoms with van der Waals surface area (Å²) in [4.78, 5) is 16.0. The molecule has 1 aromatic carbocycles. The molecule has 6 heteroatoms. The van der Waals surface area contributed by atoms with Crippen molar-refractivity contribution in [3.8, 4) is 0 Å². The van der Waals surface area contributed by atoms with Crippen molar-refractivity contribution in [2.45, 2.75) is 38.8 Å². The van der Waals surface area contributed by atoms with Crippen molar-refractivity contribution < 1.29 is 14.3 Å². The third-order valence-corrected chi connectivity index (χ3v) is 5.37. The minimum Gasteiger partial charge on any atom is -0.384 e. The molecule has 3 rings (SSSR count). The fourth-order valence-corrected chi connectivity index (χ4v) is 3.82. The van der Waals surface area contributed by atoms with Crippen LogP contribution in [0.15, 0.2) is 30.5 Å². The number of likely N-dealkylation sites (N-methyl/N-ethyl adjacent to an activating group) is 1. The van der Waals surface area contributed by atoms with E-state index in [-0.39, 0.29) is 11.7 Å². The standard InChI is InChI=1S/C20H28FN3O2/c1-3-23(20(26)15(2)25)13-12-22-9-7-18(8-10-22)24-11-6-16-14-17(21)4-5-19(16)24/h4-6,11,14-15,18,25H,3,7-10,12-13H2,1-2H3. The number of rotatable bonds is 6. The quantitative estimate of drug-likeness (QED) is 0.861. The van der Waals surface area contributed by atoms with Crippen LogP contribution in [0, 0.1) is 5.82 Å². The first kappa shape index (κ1) is 18.9. The van der Waals surface area contributed by atoms with Crippen molar-refractivity contribution in [3.05, 3.63) is 36.3 Å². The molecule has 5 nitrogen and oxygen atoms in total. The van der Waals surface area contributed by atoms with Gasteiger partial charge < -0.3 is 19.5 Å². The van der Waals surface area contributed by atoms with E-state index in [4.69, 9.17) is 0 Å². The van der Waals surface area contributed by atoms with Crippen LogP contribution in [0.4, 0.5) is 4.39 Å². The second-order valence-corrected chi connectivity index (χ2v) is 7.09. The van der Waals surface area contributed by atoms with Gasteiger partial charge in [0.1, 0.15) is 11.9 Å². The lowest BCUT2D eigenvalue weighted by Gasteiger charge is -2.34. The molecule has 142 valence electrons. The normalized spacial score (nSPS) is 17.5. The van der Waals surface area contributed by atoms with Crippen LogP contribution >= 0.6 is 0 Å². The molecule has 2 heterocycles. The van der Waals surface area contributed by atoms with Gasteiger partial charge >= 0.3 is 0 Å². The van der Waals surface area contributed by atoms with Crippen LogP contribution in [0.5, 0.6) is 0 Å². The van der Waals surface area contributed by atoms with Crippen molar-refractivity contribution in [2.75, 3.05) is 32.7 Å². The Morgan fingerprint density at radius 1 is 1.35 bits per heavy atom. The number of aliphatic hydroxyl groups excluding tert-OH is 1. The molecule has 1 N–H and O–H groups in total. The number of likely N-dealkylation sites (tertiary alicyclic amines) is 1. The number of carbonyl (C=O) groups excluding carboxylic acids is 1. The molecule has 1 saturated heterocycles. The number of aromatic nitrogens is 1. The Morgan fingerprint density at radius 2 is 2.08 bits per heavy atom. The van der Waals surface area contributed by atoms with Crippen LogP contribution in [0.1, 0.15) is 32.7 Å². The van der Waals surface area contributed by atoms with Crippen molar-refractivity contribution in [3.63, 3.8) is 0 Å². The summed E-state index contributed by atoms with van der Waals surface area (Å²) in [5, 5.41) is 10.4. The minimum atomic E-state index is -0.937. The molecule has 2 aromatic rings. The Hall–Kier alpha value is -1.92. The molecule has 0 spiro atoms. The van der Waals surface area contributed by atoms with Gasteiger partial charge in [-0.2, -0.15) is 0 Å². The van der Waals surface area contributed by atoms with Crippen LogP contribution in [-0.4, -0.2) is 64.2 Å². The molecule has 1 aromatic heterocycles. The number of fused-ring (bicyclic) bond motifs is 1. The van der Waals surface area contributed by atoms with E-state index in [2.05, 4.69) is 15.7 Å². The second kappa shape index (κ2) is 8.18. The topological polar surface area (TPSA) is 48.7 Å². The predicted octanol–water partition coefficient (Wildman–Crippen LogP) is 2.65. The second-order valence-electron chi connectivity index (χ2n) is 7.09. The van der Waals surface area contributed by atoms with E-state index in [9.17, 15) is 14.3 Å². The molecule has 0 aliphatic carbocycles. The Kier molecular flexibility index (Phi) is 5.94. The SMILES string of the molecule is CCN(CCN1CCC(n2ccc3cc(F)ccc32)CC1)C(=O)C(C)O. The van der Waals surface area contributed by atoms with E-state index in [1.54, 1.807) is 11.0 Å². The van der Waals surface area contributed by atoms with E-state index in [1.165, 1.54) is 13.0 Å². The number of piperidine rings is 1. The molecule has 0 radical (unpaired) electrons. The monoisotopic (exact) mass is 361 g/mol. The lowest BCUT2D eigenvalue weighted by atomic mass is 10.0. The Balaban J connectivity index is 1.55. The number of hydrogen-bond acceptors (Lipinski definition) is 3. The third kappa shape index (κ3) is 4.07. The molecule has 1 aliphatic rings. The zero-order valence-corrected chi connectivity index (χ0v) is 15.6. The van der Waals surface area contributed by atoms with Crippen LogP contribution in [0.3, 0.4) is 0 Å². The fourth-order valence-electron chi connectivity index (χ4n) is 3.82. The molecule has 1 fully saturated rings. The van der Waals surface area contributed by atoms with Crippen molar-refractivity contribution in [1.82, 2.24) is 14.4 Å². The molecule has 1 amide bonds. The molecule has 0 bridgehead atoms. The van der Waals surface area contributed by atoms with Gasteiger partial charge in [0.25, 0.3) is 5.91 Å². The van der Waals surface area contributed by atoms with Gasteiger partial charge in [0.2, 0.25) is 0 Å². The lowest BCUT2D eigenvalue weighted by molar-refractivity contribution is -0.139. The molecule has 1 aliphatic heterocycles. The Labute approximate surface area is 154 Å². The summed E-state index contributed by atoms with van der Waals surface area (Å²) in [7, 11) is 0. The highest BCUT2D eigenvalue weighted by Gasteiger charge is 2.23. The molecular weight excluding hydrogens is 333 g/mol. The number of nitrogens with zero attached hydrogens (tertiary/aromatic N) is 3. The summed E-state index contributed by atoms with van der Waals surface area (Å²) in [6, 6.07) is 7.37. The van der Waals surface area contributed by atoms with Crippen molar-refractivity contribution in [2.24, 2.45) is 0 Å². The molecular formula is C20H28FN3O2. The fraction of sp³-hybridized carbons (Fsp3) is 0.550. The molecule has 1 unspecified atom stereocenters. The summed E-state index contributed by atoms with van der Waals surface area (Å²) in [5.74, 6) is -0.397. The average Bonchev–Trinajstić information content (AvgIpc) is 3.05. The average molecular weight is 361 g/mol. The highest BCUT2D eigenvalue weighted by atomic mass is 19.1. The first-order valence-electron chi connectivity index (χ1n) is 9.45. The van der Waals surface area contributed by atoms with Gasteiger partial charge in [-0.15, -0.1) is 0 Å². The first-order chi connectivity index (χ1) is 12.5. The maximum absolute atomic E-state index is 13.4. The molecule has 1 atom stereocenters. The molecule has 0 saturated carbocycles. The van der Waals surface area contributed by atoms with Crippen LogP contribution < -0.4 is 0 Å². The summed E-state index contributed by atoms with van der Waals surface area (Å²) >= 11 is 0. The summed E-state index contributed by atoms with van der Waals surface area (Å²) in [5.41, 5.74) is 1.09. The summed E-state index contributed by atoms with van der Waals surface area (Å²) < 4.78 is 15.6. The van der Waals surface area contributed by atoms with Crippen LogP contribution in [-0.2, 0) is 4.79 Å².